The van der Waals surface area contributed by atoms with E-state index in [1.54, 1.807) is 73.2 Å². The molecule has 426 valence electrons. The van der Waals surface area contributed by atoms with Crippen molar-refractivity contribution in [3.8, 4) is 11.4 Å². The number of thioether (sulfide) groups is 1. The molecule has 0 bridgehead atoms. The van der Waals surface area contributed by atoms with Gasteiger partial charge in [0.2, 0.25) is 41.4 Å². The smallest absolute Gasteiger partial charge is 0.258 e. The number of benzene rings is 3. The third-order valence-corrected chi connectivity index (χ3v) is 16.5. The van der Waals surface area contributed by atoms with Gasteiger partial charge in [0.05, 0.1) is 78.9 Å². The van der Waals surface area contributed by atoms with Crippen LogP contribution in [0.4, 0.5) is 10.1 Å². The second kappa shape index (κ2) is 24.5. The molecule has 9 rings (SSSR count). The Kier molecular flexibility index (Phi) is 17.5. The number of fused-ring (bicyclic) bond motifs is 5. The van der Waals surface area contributed by atoms with Crippen LogP contribution in [-0.2, 0) is 85.8 Å². The summed E-state index contributed by atoms with van der Waals surface area (Å²) in [6.07, 6.45) is 3.19. The molecule has 4 aliphatic rings. The van der Waals surface area contributed by atoms with Crippen LogP contribution in [0.15, 0.2) is 71.7 Å². The number of rotatable bonds is 22. The average molecular weight is 1130 g/mol. The van der Waals surface area contributed by atoms with E-state index in [1.807, 2.05) is 13.8 Å². The van der Waals surface area contributed by atoms with Crippen molar-refractivity contribution in [1.82, 2.24) is 36.1 Å². The Morgan fingerprint density at radius 3 is 2.33 bits per heavy atom. The molecule has 2 aromatic heterocycles. The lowest BCUT2D eigenvalue weighted by Gasteiger charge is -2.35. The van der Waals surface area contributed by atoms with Crippen molar-refractivity contribution < 1.29 is 57.3 Å². The highest BCUT2D eigenvalue weighted by Crippen LogP contribution is 2.47. The number of pyridine rings is 2. The lowest BCUT2D eigenvalue weighted by molar-refractivity contribution is -0.131. The zero-order valence-electron chi connectivity index (χ0n) is 45.8. The van der Waals surface area contributed by atoms with Crippen molar-refractivity contribution in [2.24, 2.45) is 0 Å². The molecular formula is C59H65FN8O12S. The average Bonchev–Trinajstić information content (AvgIpc) is 4.06. The van der Waals surface area contributed by atoms with E-state index in [0.717, 1.165) is 44.3 Å². The summed E-state index contributed by atoms with van der Waals surface area (Å²) < 4.78 is 34.8. The van der Waals surface area contributed by atoms with Crippen LogP contribution < -0.4 is 37.0 Å². The number of aromatic nitrogens is 2. The minimum atomic E-state index is -1.57. The van der Waals surface area contributed by atoms with Gasteiger partial charge < -0.3 is 50.5 Å². The van der Waals surface area contributed by atoms with Gasteiger partial charge in [0.1, 0.15) is 36.6 Å². The van der Waals surface area contributed by atoms with Gasteiger partial charge in [-0.15, -0.1) is 0 Å². The Bertz CT molecular complexity index is 3440. The summed E-state index contributed by atoms with van der Waals surface area (Å²) in [6, 6.07) is 14.5. The number of nitrogens with zero attached hydrogens (tertiary/aromatic N) is 3. The third-order valence-electron chi connectivity index (χ3n) is 15.6. The molecule has 3 aromatic carbocycles. The number of aliphatic hydroxyl groups is 1. The SMILES string of the molecule is C=C1OCc2c(cc3n(c2=O)Cc2c-3nc3cc(F)c(C)c4c3c2[C@@H](OCCOCNC(=O)CNC(=O)[C@H](Cc2ccccc2)NC(=O)CNC(=O)CNC(=O)CCc2c(C)cc(N3C(=O)CC(SC)C3=O)cc2C)CC4)[C@@]1(O)CC. The molecule has 3 aliphatic heterocycles. The molecule has 5 heterocycles. The van der Waals surface area contributed by atoms with E-state index in [4.69, 9.17) is 19.2 Å². The first-order valence-electron chi connectivity index (χ1n) is 26.9. The fourth-order valence-corrected chi connectivity index (χ4v) is 11.8. The Morgan fingerprint density at radius 2 is 1.62 bits per heavy atom. The maximum Gasteiger partial charge on any atom is 0.258 e. The zero-order valence-corrected chi connectivity index (χ0v) is 46.6. The Labute approximate surface area is 470 Å². The minimum Gasteiger partial charge on any atom is -0.490 e. The molecule has 5 aromatic rings. The topological polar surface area (TPSA) is 266 Å². The van der Waals surface area contributed by atoms with Gasteiger partial charge in [-0.3, -0.25) is 38.4 Å². The first kappa shape index (κ1) is 57.9. The van der Waals surface area contributed by atoms with Crippen molar-refractivity contribution >= 4 is 69.7 Å². The van der Waals surface area contributed by atoms with Gasteiger partial charge in [0.25, 0.3) is 5.56 Å². The predicted molar refractivity (Wildman–Crippen MR) is 299 cm³/mol. The van der Waals surface area contributed by atoms with Gasteiger partial charge in [-0.25, -0.2) is 14.3 Å². The molecule has 6 N–H and O–H groups in total. The number of hydrogen-bond acceptors (Lipinski definition) is 14. The Hall–Kier alpha value is -7.79. The molecule has 1 fully saturated rings. The van der Waals surface area contributed by atoms with Crippen LogP contribution in [0.2, 0.25) is 0 Å². The van der Waals surface area contributed by atoms with E-state index in [9.17, 15) is 43.5 Å². The molecule has 0 spiro atoms. The quantitative estimate of drug-likeness (QED) is 0.0320. The first-order chi connectivity index (χ1) is 38.8. The lowest BCUT2D eigenvalue weighted by Crippen LogP contribution is -2.52. The molecule has 22 heteroatoms. The van der Waals surface area contributed by atoms with Gasteiger partial charge in [0, 0.05) is 41.8 Å². The number of nitrogens with one attached hydrogen (secondary N) is 5. The summed E-state index contributed by atoms with van der Waals surface area (Å²) in [5.74, 6) is -3.70. The Balaban J connectivity index is 0.730. The molecule has 0 saturated carbocycles. The van der Waals surface area contributed by atoms with Gasteiger partial charge >= 0.3 is 0 Å². The number of amides is 7. The molecule has 20 nitrogen and oxygen atoms in total. The largest absolute Gasteiger partial charge is 0.490 e. The van der Waals surface area contributed by atoms with Crippen LogP contribution in [0, 0.1) is 26.6 Å². The molecule has 4 atom stereocenters. The molecular weight excluding hydrogens is 1060 g/mol. The van der Waals surface area contributed by atoms with Crippen molar-refractivity contribution in [3.63, 3.8) is 0 Å². The van der Waals surface area contributed by atoms with E-state index < -0.39 is 72.2 Å². The monoisotopic (exact) mass is 1130 g/mol. The first-order valence-corrected chi connectivity index (χ1v) is 28.2. The molecule has 1 unspecified atom stereocenters. The molecule has 1 aliphatic carbocycles. The molecule has 1 saturated heterocycles. The number of carbonyl (C=O) groups excluding carboxylic acids is 7. The van der Waals surface area contributed by atoms with E-state index in [2.05, 4.69) is 33.2 Å². The van der Waals surface area contributed by atoms with E-state index in [0.29, 0.717) is 58.5 Å². The fraction of sp³-hybridized carbons (Fsp3) is 0.407. The predicted octanol–water partition coefficient (Wildman–Crippen LogP) is 3.93. The highest BCUT2D eigenvalue weighted by Gasteiger charge is 2.43. The van der Waals surface area contributed by atoms with Crippen LogP contribution in [-0.4, -0.2) is 113 Å². The van der Waals surface area contributed by atoms with Crippen LogP contribution in [0.3, 0.4) is 0 Å². The minimum absolute atomic E-state index is 0.0335. The highest BCUT2D eigenvalue weighted by molar-refractivity contribution is 8.00. The van der Waals surface area contributed by atoms with Gasteiger partial charge in [-0.1, -0.05) is 43.8 Å². The summed E-state index contributed by atoms with van der Waals surface area (Å²) in [6.45, 7) is 9.88. The van der Waals surface area contributed by atoms with Gasteiger partial charge in [-0.05, 0) is 110 Å². The summed E-state index contributed by atoms with van der Waals surface area (Å²) in [4.78, 5) is 111. The summed E-state index contributed by atoms with van der Waals surface area (Å²) >= 11 is 1.34. The van der Waals surface area contributed by atoms with E-state index in [1.165, 1.54) is 22.7 Å². The second-order valence-corrected chi connectivity index (χ2v) is 21.7. The van der Waals surface area contributed by atoms with Crippen LogP contribution in [0.1, 0.15) is 94.3 Å². The van der Waals surface area contributed by atoms with Crippen molar-refractivity contribution in [3.05, 3.63) is 139 Å². The zero-order chi connectivity index (χ0) is 57.9. The van der Waals surface area contributed by atoms with E-state index in [-0.39, 0.29) is 87.7 Å². The standard InChI is InChI=1S/C59H65FN8O12S/c1-7-59(77)34(5)80-29-40-41(59)22-45-55-39(28-67(45)57(40)75)54-46(15-13-38-33(4)42(60)23-43(66-55)53(38)54)79-18-17-78-30-64-50(71)26-63-56(74)44(21-35-11-9-8-10-12-35)65-51(72)27-62-49(70)25-61-48(69)16-14-37-31(2)19-36(20-32(37)3)68-52(73)24-47(81-6)58(68)76/h8-12,19-20,22-23,44,46-47,77H,5,7,13-18,21,24-30H2,1-4,6H3,(H,61,69)(H,62,70)(H,63,74)(H,64,71)(H,65,72)/t44-,46-,47?,59+/m0/s1. The van der Waals surface area contributed by atoms with Crippen molar-refractivity contribution in [2.45, 2.75) is 109 Å². The molecule has 0 radical (unpaired) electrons. The van der Waals surface area contributed by atoms with Gasteiger partial charge in [0.15, 0.2) is 0 Å². The van der Waals surface area contributed by atoms with Crippen LogP contribution >= 0.6 is 11.8 Å². The number of halogens is 1. The molecule has 81 heavy (non-hydrogen) atoms. The summed E-state index contributed by atoms with van der Waals surface area (Å²) in [5.41, 5.74) is 6.94. The maximum absolute atomic E-state index is 15.4. The second-order valence-electron chi connectivity index (χ2n) is 20.6. The Morgan fingerprint density at radius 1 is 0.914 bits per heavy atom. The molecule has 7 amide bonds. The van der Waals surface area contributed by atoms with E-state index >= 15 is 4.39 Å². The normalized spacial score (nSPS) is 18.2. The fourth-order valence-electron chi connectivity index (χ4n) is 11.2. The third kappa shape index (κ3) is 12.0. The van der Waals surface area contributed by atoms with Crippen molar-refractivity contribution in [2.75, 3.05) is 50.7 Å². The number of anilines is 1. The number of hydrogen-bond donors (Lipinski definition) is 6. The summed E-state index contributed by atoms with van der Waals surface area (Å²) in [5, 5.41) is 24.8. The number of imide groups is 1. The van der Waals surface area contributed by atoms with Gasteiger partial charge in [-0.2, -0.15) is 11.8 Å². The van der Waals surface area contributed by atoms with Crippen LogP contribution in [0.5, 0.6) is 0 Å². The lowest BCUT2D eigenvalue weighted by atomic mass is 9.82. The van der Waals surface area contributed by atoms with Crippen LogP contribution in [0.25, 0.3) is 22.3 Å². The maximum atomic E-state index is 15.4. The number of aryl methyl sites for hydroxylation is 3. The van der Waals surface area contributed by atoms with Crippen molar-refractivity contribution in [1.29, 1.82) is 0 Å². The number of carbonyl (C=O) groups is 7. The summed E-state index contributed by atoms with van der Waals surface area (Å²) in [7, 11) is 0. The number of ether oxygens (including phenoxy) is 3. The highest BCUT2D eigenvalue weighted by atomic mass is 32.2.